The summed E-state index contributed by atoms with van der Waals surface area (Å²) < 4.78 is 15.3. The highest BCUT2D eigenvalue weighted by atomic mass is 35.5. The quantitative estimate of drug-likeness (QED) is 0.534. The highest BCUT2D eigenvalue weighted by Crippen LogP contribution is 2.21. The molecule has 0 heterocycles. The fourth-order valence-electron chi connectivity index (χ4n) is 2.00. The van der Waals surface area contributed by atoms with Crippen LogP contribution < -0.4 is 10.1 Å². The van der Waals surface area contributed by atoms with Crippen molar-refractivity contribution in [3.8, 4) is 5.75 Å². The van der Waals surface area contributed by atoms with Gasteiger partial charge in [0, 0.05) is 12.2 Å². The summed E-state index contributed by atoms with van der Waals surface area (Å²) in [6.45, 7) is 2.78. The summed E-state index contributed by atoms with van der Waals surface area (Å²) in [6.07, 6.45) is 0. The molecule has 2 rings (SSSR count). The zero-order valence-corrected chi connectivity index (χ0v) is 15.1. The second kappa shape index (κ2) is 10.4. The monoisotopic (exact) mass is 377 g/mol. The zero-order chi connectivity index (χ0) is 18.8. The van der Waals surface area contributed by atoms with Gasteiger partial charge in [-0.15, -0.1) is 0 Å². The molecule has 2 aromatic carbocycles. The summed E-state index contributed by atoms with van der Waals surface area (Å²) in [5.74, 6) is -0.314. The number of rotatable bonds is 9. The number of hydrogen-bond donors (Lipinski definition) is 1. The fourth-order valence-corrected chi connectivity index (χ4v) is 2.19. The van der Waals surface area contributed by atoms with Gasteiger partial charge in [-0.3, -0.25) is 4.79 Å². The van der Waals surface area contributed by atoms with Gasteiger partial charge in [-0.1, -0.05) is 23.7 Å². The Kier molecular flexibility index (Phi) is 7.92. The van der Waals surface area contributed by atoms with Crippen molar-refractivity contribution in [1.29, 1.82) is 0 Å². The number of para-hydroxylation sites is 1. The summed E-state index contributed by atoms with van der Waals surface area (Å²) in [5.41, 5.74) is 0.978. The first-order valence-electron chi connectivity index (χ1n) is 8.12. The number of anilines is 1. The van der Waals surface area contributed by atoms with Crippen molar-refractivity contribution in [2.24, 2.45) is 0 Å². The lowest BCUT2D eigenvalue weighted by molar-refractivity contribution is -0.147. The number of nitrogens with one attached hydrogen (secondary N) is 1. The molecule has 0 aromatic heterocycles. The third-order valence-corrected chi connectivity index (χ3v) is 3.62. The molecular weight excluding hydrogens is 358 g/mol. The van der Waals surface area contributed by atoms with Crippen LogP contribution in [0, 0.1) is 0 Å². The molecule has 0 fully saturated rings. The first-order valence-corrected chi connectivity index (χ1v) is 8.50. The lowest BCUT2D eigenvalue weighted by Gasteiger charge is -2.09. The van der Waals surface area contributed by atoms with Crippen molar-refractivity contribution in [2.45, 2.75) is 6.92 Å². The van der Waals surface area contributed by atoms with Gasteiger partial charge in [0.25, 0.3) is 5.91 Å². The Morgan fingerprint density at radius 2 is 1.77 bits per heavy atom. The van der Waals surface area contributed by atoms with E-state index in [0.717, 1.165) is 0 Å². The average molecular weight is 378 g/mol. The van der Waals surface area contributed by atoms with Gasteiger partial charge in [0.2, 0.25) is 0 Å². The van der Waals surface area contributed by atoms with Crippen LogP contribution in [0.15, 0.2) is 48.5 Å². The Hall–Kier alpha value is -2.57. The molecule has 0 radical (unpaired) electrons. The predicted octanol–water partition coefficient (Wildman–Crippen LogP) is 3.55. The molecule has 26 heavy (non-hydrogen) atoms. The molecule has 0 saturated carbocycles. The van der Waals surface area contributed by atoms with Crippen molar-refractivity contribution >= 4 is 29.2 Å². The minimum Gasteiger partial charge on any atom is -0.482 e. The molecule has 6 nitrogen and oxygen atoms in total. The van der Waals surface area contributed by atoms with Gasteiger partial charge in [0.05, 0.1) is 17.3 Å². The number of benzene rings is 2. The van der Waals surface area contributed by atoms with E-state index in [1.54, 1.807) is 48.5 Å². The Bertz CT molecular complexity index is 733. The second-order valence-corrected chi connectivity index (χ2v) is 5.57. The van der Waals surface area contributed by atoms with Crippen molar-refractivity contribution < 1.29 is 23.8 Å². The Morgan fingerprint density at radius 3 is 2.46 bits per heavy atom. The second-order valence-electron chi connectivity index (χ2n) is 5.16. The van der Waals surface area contributed by atoms with Crippen LogP contribution in [0.4, 0.5) is 5.69 Å². The van der Waals surface area contributed by atoms with Crippen LogP contribution in [-0.2, 0) is 14.3 Å². The van der Waals surface area contributed by atoms with Crippen LogP contribution in [-0.4, -0.2) is 38.3 Å². The number of halogens is 1. The van der Waals surface area contributed by atoms with E-state index >= 15 is 0 Å². The third-order valence-electron chi connectivity index (χ3n) is 3.29. The molecule has 2 aromatic rings. The Labute approximate surface area is 157 Å². The Morgan fingerprint density at radius 1 is 1.04 bits per heavy atom. The van der Waals surface area contributed by atoms with Gasteiger partial charge in [-0.2, -0.15) is 0 Å². The van der Waals surface area contributed by atoms with Crippen LogP contribution >= 0.6 is 11.6 Å². The fraction of sp³-hybridized carbons (Fsp3) is 0.263. The summed E-state index contributed by atoms with van der Waals surface area (Å²) in [7, 11) is 0. The molecule has 0 bridgehead atoms. The van der Waals surface area contributed by atoms with Gasteiger partial charge >= 0.3 is 5.97 Å². The van der Waals surface area contributed by atoms with Gasteiger partial charge in [-0.05, 0) is 43.3 Å². The van der Waals surface area contributed by atoms with E-state index in [1.165, 1.54) is 0 Å². The minimum absolute atomic E-state index is 0.192. The van der Waals surface area contributed by atoms with Crippen LogP contribution in [0.3, 0.4) is 0 Å². The van der Waals surface area contributed by atoms with Crippen molar-refractivity contribution in [3.05, 3.63) is 59.1 Å². The minimum atomic E-state index is -0.481. The van der Waals surface area contributed by atoms with Gasteiger partial charge in [0.15, 0.2) is 6.61 Å². The molecule has 1 amide bonds. The molecule has 0 aliphatic heterocycles. The molecule has 0 unspecified atom stereocenters. The smallest absolute Gasteiger partial charge is 0.344 e. The normalized spacial score (nSPS) is 10.2. The molecule has 138 valence electrons. The highest BCUT2D eigenvalue weighted by molar-refractivity contribution is 6.33. The lowest BCUT2D eigenvalue weighted by atomic mass is 10.2. The van der Waals surface area contributed by atoms with E-state index in [4.69, 9.17) is 25.8 Å². The molecule has 7 heteroatoms. The van der Waals surface area contributed by atoms with Crippen LogP contribution in [0.1, 0.15) is 17.3 Å². The number of hydrogen-bond acceptors (Lipinski definition) is 5. The highest BCUT2D eigenvalue weighted by Gasteiger charge is 2.09. The average Bonchev–Trinajstić information content (AvgIpc) is 2.66. The first-order chi connectivity index (χ1) is 12.6. The van der Waals surface area contributed by atoms with E-state index in [-0.39, 0.29) is 19.1 Å². The molecular formula is C19H20ClNO5. The predicted molar refractivity (Wildman–Crippen MR) is 98.8 cm³/mol. The van der Waals surface area contributed by atoms with E-state index < -0.39 is 5.97 Å². The standard InChI is InChI=1S/C19H20ClNO5/c1-2-24-11-12-25-18(22)13-26-15-9-7-14(8-10-15)19(23)21-17-6-4-3-5-16(17)20/h3-10H,2,11-13H2,1H3,(H,21,23). The molecule has 0 atom stereocenters. The topological polar surface area (TPSA) is 73.9 Å². The van der Waals surface area contributed by atoms with Crippen molar-refractivity contribution in [1.82, 2.24) is 0 Å². The van der Waals surface area contributed by atoms with E-state index in [0.29, 0.717) is 35.2 Å². The first kappa shape index (κ1) is 19.8. The third kappa shape index (κ3) is 6.38. The number of amides is 1. The van der Waals surface area contributed by atoms with Gasteiger partial charge < -0.3 is 19.5 Å². The largest absolute Gasteiger partial charge is 0.482 e. The summed E-state index contributed by atoms with van der Waals surface area (Å²) in [5, 5.41) is 3.19. The van der Waals surface area contributed by atoms with Gasteiger partial charge in [0.1, 0.15) is 12.4 Å². The van der Waals surface area contributed by atoms with Crippen LogP contribution in [0.5, 0.6) is 5.75 Å². The molecule has 0 aliphatic carbocycles. The number of carbonyl (C=O) groups excluding carboxylic acids is 2. The molecule has 0 saturated heterocycles. The molecule has 1 N–H and O–H groups in total. The van der Waals surface area contributed by atoms with Crippen molar-refractivity contribution in [3.63, 3.8) is 0 Å². The van der Waals surface area contributed by atoms with Crippen LogP contribution in [0.25, 0.3) is 0 Å². The maximum absolute atomic E-state index is 12.2. The molecule has 0 aliphatic rings. The number of ether oxygens (including phenoxy) is 3. The maximum atomic E-state index is 12.2. The summed E-state index contributed by atoms with van der Waals surface area (Å²) in [6, 6.07) is 13.4. The molecule has 0 spiro atoms. The van der Waals surface area contributed by atoms with E-state index in [9.17, 15) is 9.59 Å². The number of carbonyl (C=O) groups is 2. The summed E-state index contributed by atoms with van der Waals surface area (Å²) >= 11 is 6.02. The van der Waals surface area contributed by atoms with E-state index in [1.807, 2.05) is 6.92 Å². The lowest BCUT2D eigenvalue weighted by Crippen LogP contribution is -2.17. The van der Waals surface area contributed by atoms with Crippen molar-refractivity contribution in [2.75, 3.05) is 31.7 Å². The maximum Gasteiger partial charge on any atom is 0.344 e. The SMILES string of the molecule is CCOCCOC(=O)COc1ccc(C(=O)Nc2ccccc2Cl)cc1. The Balaban J connectivity index is 1.81. The van der Waals surface area contributed by atoms with Crippen LogP contribution in [0.2, 0.25) is 5.02 Å². The van der Waals surface area contributed by atoms with Gasteiger partial charge in [-0.25, -0.2) is 4.79 Å². The number of esters is 1. The summed E-state index contributed by atoms with van der Waals surface area (Å²) in [4.78, 5) is 23.7. The van der Waals surface area contributed by atoms with E-state index in [2.05, 4.69) is 5.32 Å². The zero-order valence-electron chi connectivity index (χ0n) is 14.4.